The van der Waals surface area contributed by atoms with Crippen molar-refractivity contribution in [3.63, 3.8) is 0 Å². The maximum absolute atomic E-state index is 11.8. The summed E-state index contributed by atoms with van der Waals surface area (Å²) in [5.41, 5.74) is 6.56. The van der Waals surface area contributed by atoms with Crippen LogP contribution in [0.15, 0.2) is 0 Å². The Hall–Kier alpha value is -1.93. The van der Waals surface area contributed by atoms with Gasteiger partial charge < -0.3 is 21.5 Å². The molecule has 1 aromatic heterocycles. The Morgan fingerprint density at radius 2 is 2.05 bits per heavy atom. The molecular formula is C13H17N3O4S. The number of hydrogen-bond acceptors (Lipinski definition) is 5. The van der Waals surface area contributed by atoms with Gasteiger partial charge in [-0.25, -0.2) is 0 Å². The number of aliphatic hydroxyl groups is 1. The zero-order valence-corrected chi connectivity index (χ0v) is 12.4. The van der Waals surface area contributed by atoms with Gasteiger partial charge in [-0.2, -0.15) is 0 Å². The van der Waals surface area contributed by atoms with Crippen molar-refractivity contribution in [2.24, 2.45) is 5.73 Å². The molecule has 0 saturated heterocycles. The molecule has 7 nitrogen and oxygen atoms in total. The van der Waals surface area contributed by atoms with Crippen LogP contribution in [-0.4, -0.2) is 35.5 Å². The molecule has 114 valence electrons. The molecule has 21 heavy (non-hydrogen) atoms. The second-order valence-electron chi connectivity index (χ2n) is 4.94. The van der Waals surface area contributed by atoms with Crippen LogP contribution in [0.2, 0.25) is 0 Å². The smallest absolute Gasteiger partial charge is 0.314 e. The summed E-state index contributed by atoms with van der Waals surface area (Å²) >= 11 is 1.28. The highest BCUT2D eigenvalue weighted by molar-refractivity contribution is 7.17. The summed E-state index contributed by atoms with van der Waals surface area (Å²) in [4.78, 5) is 35.9. The van der Waals surface area contributed by atoms with Gasteiger partial charge >= 0.3 is 11.8 Å². The van der Waals surface area contributed by atoms with Gasteiger partial charge in [-0.05, 0) is 31.7 Å². The molecule has 1 atom stereocenters. The Balaban J connectivity index is 2.11. The van der Waals surface area contributed by atoms with Crippen molar-refractivity contribution < 1.29 is 19.5 Å². The number of carbonyl (C=O) groups excluding carboxylic acids is 3. The van der Waals surface area contributed by atoms with E-state index in [4.69, 9.17) is 10.8 Å². The summed E-state index contributed by atoms with van der Waals surface area (Å²) < 4.78 is 0. The molecule has 1 aromatic rings. The van der Waals surface area contributed by atoms with Crippen LogP contribution in [-0.2, 0) is 22.4 Å². The van der Waals surface area contributed by atoms with E-state index in [1.54, 1.807) is 0 Å². The lowest BCUT2D eigenvalue weighted by atomic mass is 10.1. The Morgan fingerprint density at radius 1 is 1.33 bits per heavy atom. The van der Waals surface area contributed by atoms with Crippen LogP contribution in [0.3, 0.4) is 0 Å². The van der Waals surface area contributed by atoms with Crippen molar-refractivity contribution in [3.8, 4) is 0 Å². The fourth-order valence-electron chi connectivity index (χ4n) is 2.23. The van der Waals surface area contributed by atoms with Crippen molar-refractivity contribution in [2.75, 3.05) is 11.9 Å². The first-order chi connectivity index (χ1) is 9.90. The van der Waals surface area contributed by atoms with E-state index >= 15 is 0 Å². The molecule has 2 rings (SSSR count). The average molecular weight is 311 g/mol. The number of primary amides is 1. The number of rotatable bonds is 4. The third-order valence-corrected chi connectivity index (χ3v) is 4.37. The molecule has 0 spiro atoms. The lowest BCUT2D eigenvalue weighted by Gasteiger charge is -2.08. The zero-order chi connectivity index (χ0) is 15.6. The maximum Gasteiger partial charge on any atom is 0.314 e. The number of thiophene rings is 1. The number of aryl methyl sites for hydroxylation is 1. The zero-order valence-electron chi connectivity index (χ0n) is 11.6. The molecule has 0 bridgehead atoms. The first-order valence-electron chi connectivity index (χ1n) is 6.61. The van der Waals surface area contributed by atoms with Gasteiger partial charge in [0.2, 0.25) is 0 Å². The fourth-order valence-corrected chi connectivity index (χ4v) is 3.52. The van der Waals surface area contributed by atoms with Gasteiger partial charge in [-0.1, -0.05) is 0 Å². The van der Waals surface area contributed by atoms with Crippen LogP contribution in [0.1, 0.15) is 34.1 Å². The van der Waals surface area contributed by atoms with Crippen molar-refractivity contribution in [3.05, 3.63) is 16.0 Å². The lowest BCUT2D eigenvalue weighted by Crippen LogP contribution is -2.39. The van der Waals surface area contributed by atoms with E-state index in [2.05, 4.69) is 10.6 Å². The van der Waals surface area contributed by atoms with Gasteiger partial charge in [0.05, 0.1) is 11.7 Å². The number of carbonyl (C=O) groups is 3. The minimum absolute atomic E-state index is 0.0180. The van der Waals surface area contributed by atoms with E-state index in [1.165, 1.54) is 18.3 Å². The van der Waals surface area contributed by atoms with Crippen LogP contribution in [0.25, 0.3) is 0 Å². The fraction of sp³-hybridized carbons (Fsp3) is 0.462. The molecule has 3 amide bonds. The molecule has 0 aliphatic heterocycles. The molecule has 0 saturated carbocycles. The van der Waals surface area contributed by atoms with E-state index in [0.29, 0.717) is 10.6 Å². The van der Waals surface area contributed by atoms with Crippen molar-refractivity contribution in [2.45, 2.75) is 32.3 Å². The molecular weight excluding hydrogens is 294 g/mol. The molecule has 1 heterocycles. The Bertz CT molecular complexity index is 594. The molecule has 0 radical (unpaired) electrons. The number of anilines is 1. The first kappa shape index (κ1) is 15.5. The quantitative estimate of drug-likeness (QED) is 0.574. The van der Waals surface area contributed by atoms with Gasteiger partial charge in [-0.3, -0.25) is 14.4 Å². The summed E-state index contributed by atoms with van der Waals surface area (Å²) in [6.45, 7) is 1.48. The van der Waals surface area contributed by atoms with Crippen LogP contribution in [0, 0.1) is 0 Å². The topological polar surface area (TPSA) is 122 Å². The van der Waals surface area contributed by atoms with Crippen molar-refractivity contribution in [1.29, 1.82) is 0 Å². The van der Waals surface area contributed by atoms with Gasteiger partial charge in [0, 0.05) is 11.4 Å². The highest BCUT2D eigenvalue weighted by Gasteiger charge is 2.27. The Labute approximate surface area is 125 Å². The highest BCUT2D eigenvalue weighted by atomic mass is 32.1. The molecule has 1 aliphatic carbocycles. The van der Waals surface area contributed by atoms with E-state index < -0.39 is 23.8 Å². The third kappa shape index (κ3) is 3.40. The predicted molar refractivity (Wildman–Crippen MR) is 78.2 cm³/mol. The first-order valence-corrected chi connectivity index (χ1v) is 7.43. The van der Waals surface area contributed by atoms with Crippen molar-refractivity contribution >= 4 is 34.1 Å². The van der Waals surface area contributed by atoms with E-state index in [1.807, 2.05) is 0 Å². The number of nitrogens with one attached hydrogen (secondary N) is 2. The number of hydrogen-bond donors (Lipinski definition) is 4. The van der Waals surface area contributed by atoms with E-state index in [0.717, 1.165) is 29.7 Å². The maximum atomic E-state index is 11.8. The molecule has 0 fully saturated rings. The number of fused-ring (bicyclic) bond motifs is 1. The molecule has 0 aromatic carbocycles. The van der Waals surface area contributed by atoms with E-state index in [9.17, 15) is 14.4 Å². The monoisotopic (exact) mass is 311 g/mol. The van der Waals surface area contributed by atoms with Crippen LogP contribution >= 0.6 is 11.3 Å². The van der Waals surface area contributed by atoms with Crippen LogP contribution < -0.4 is 16.4 Å². The van der Waals surface area contributed by atoms with Crippen LogP contribution in [0.5, 0.6) is 0 Å². The number of nitrogens with two attached hydrogens (primary N) is 1. The average Bonchev–Trinajstić information content (AvgIpc) is 2.95. The molecule has 1 unspecified atom stereocenters. The second kappa shape index (κ2) is 6.23. The van der Waals surface area contributed by atoms with Crippen molar-refractivity contribution in [1.82, 2.24) is 5.32 Å². The standard InChI is InChI=1S/C13H17N3O4S/c1-6(17)5-15-11(19)12(20)16-13-9(10(14)18)7-3-2-4-8(7)21-13/h6,17H,2-5H2,1H3,(H2,14,18)(H,15,19)(H,16,20). The summed E-state index contributed by atoms with van der Waals surface area (Å²) in [5, 5.41) is 14.1. The van der Waals surface area contributed by atoms with Crippen LogP contribution in [0.4, 0.5) is 5.00 Å². The lowest BCUT2D eigenvalue weighted by molar-refractivity contribution is -0.136. The minimum Gasteiger partial charge on any atom is -0.392 e. The van der Waals surface area contributed by atoms with Gasteiger partial charge in [-0.15, -0.1) is 11.3 Å². The Morgan fingerprint density at radius 3 is 2.67 bits per heavy atom. The second-order valence-corrected chi connectivity index (χ2v) is 6.04. The summed E-state index contributed by atoms with van der Waals surface area (Å²) in [5.74, 6) is -2.34. The largest absolute Gasteiger partial charge is 0.392 e. The van der Waals surface area contributed by atoms with Gasteiger partial charge in [0.25, 0.3) is 5.91 Å². The molecule has 8 heteroatoms. The SMILES string of the molecule is CC(O)CNC(=O)C(=O)Nc1sc2c(c1C(N)=O)CCC2. The summed E-state index contributed by atoms with van der Waals surface area (Å²) in [6, 6.07) is 0. The normalized spacial score (nSPS) is 14.4. The highest BCUT2D eigenvalue weighted by Crippen LogP contribution is 2.38. The van der Waals surface area contributed by atoms with E-state index in [-0.39, 0.29) is 6.54 Å². The summed E-state index contributed by atoms with van der Waals surface area (Å²) in [6.07, 6.45) is 1.83. The summed E-state index contributed by atoms with van der Waals surface area (Å²) in [7, 11) is 0. The number of aliphatic hydroxyl groups excluding tert-OH is 1. The predicted octanol–water partition coefficient (Wildman–Crippen LogP) is -0.229. The molecule has 1 aliphatic rings. The van der Waals surface area contributed by atoms with Gasteiger partial charge in [0.1, 0.15) is 5.00 Å². The Kier molecular flexibility index (Phi) is 4.59. The third-order valence-electron chi connectivity index (χ3n) is 3.16. The molecule has 5 N–H and O–H groups in total. The van der Waals surface area contributed by atoms with Gasteiger partial charge in [0.15, 0.2) is 0 Å². The minimum atomic E-state index is -0.877. The number of amides is 3.